The first-order valence-corrected chi connectivity index (χ1v) is 12.1. The number of nitrogens with zero attached hydrogens (tertiary/aromatic N) is 4. The Labute approximate surface area is 177 Å². The van der Waals surface area contributed by atoms with Gasteiger partial charge in [-0.3, -0.25) is 4.79 Å². The number of para-hydroxylation sites is 1. The third kappa shape index (κ3) is 3.02. The van der Waals surface area contributed by atoms with E-state index in [2.05, 4.69) is 21.5 Å². The molecule has 5 rings (SSSR count). The Morgan fingerprint density at radius 1 is 1.17 bits per heavy atom. The van der Waals surface area contributed by atoms with Crippen molar-refractivity contribution >= 4 is 39.1 Å². The lowest BCUT2D eigenvalue weighted by atomic mass is 9.97. The van der Waals surface area contributed by atoms with Crippen LogP contribution in [-0.2, 0) is 12.8 Å². The van der Waals surface area contributed by atoms with Gasteiger partial charge in [0.1, 0.15) is 4.83 Å². The van der Waals surface area contributed by atoms with E-state index in [0.717, 1.165) is 64.5 Å². The summed E-state index contributed by atoms with van der Waals surface area (Å²) in [6, 6.07) is 8.02. The number of fused-ring (bicyclic) bond motifs is 5. The van der Waals surface area contributed by atoms with Crippen molar-refractivity contribution < 1.29 is 0 Å². The summed E-state index contributed by atoms with van der Waals surface area (Å²) < 4.78 is 3.91. The van der Waals surface area contributed by atoms with Crippen molar-refractivity contribution in [1.82, 2.24) is 19.2 Å². The molecule has 0 unspecified atom stereocenters. The number of aromatic nitrogens is 4. The fraction of sp³-hybridized carbons (Fsp3) is 0.409. The van der Waals surface area contributed by atoms with Crippen LogP contribution in [-0.4, -0.2) is 24.9 Å². The summed E-state index contributed by atoms with van der Waals surface area (Å²) in [5.41, 5.74) is 3.24. The van der Waals surface area contributed by atoms with Gasteiger partial charge in [0.05, 0.1) is 11.1 Å². The van der Waals surface area contributed by atoms with Crippen molar-refractivity contribution in [3.05, 3.63) is 50.6 Å². The van der Waals surface area contributed by atoms with Gasteiger partial charge in [-0.2, -0.15) is 0 Å². The predicted molar refractivity (Wildman–Crippen MR) is 121 cm³/mol. The number of unbranched alkanes of at least 4 members (excludes halogenated alkanes) is 1. The van der Waals surface area contributed by atoms with Gasteiger partial charge in [0.2, 0.25) is 5.78 Å². The molecule has 5 nitrogen and oxygen atoms in total. The molecule has 1 aliphatic rings. The molecule has 0 N–H and O–H groups in total. The van der Waals surface area contributed by atoms with Crippen LogP contribution in [0.25, 0.3) is 21.7 Å². The van der Waals surface area contributed by atoms with Gasteiger partial charge in [-0.25, -0.2) is 8.97 Å². The zero-order chi connectivity index (χ0) is 20.0. The molecule has 0 radical (unpaired) electrons. The van der Waals surface area contributed by atoms with E-state index in [0.29, 0.717) is 5.78 Å². The summed E-state index contributed by atoms with van der Waals surface area (Å²) in [5.74, 6) is 1.63. The van der Waals surface area contributed by atoms with E-state index in [1.165, 1.54) is 16.9 Å². The molecule has 150 valence electrons. The highest BCUT2D eigenvalue weighted by atomic mass is 32.2. The van der Waals surface area contributed by atoms with Crippen LogP contribution in [0.2, 0.25) is 0 Å². The topological polar surface area (TPSA) is 52.2 Å². The molecule has 29 heavy (non-hydrogen) atoms. The van der Waals surface area contributed by atoms with Gasteiger partial charge in [-0.05, 0) is 56.2 Å². The van der Waals surface area contributed by atoms with Crippen LogP contribution in [0.3, 0.4) is 0 Å². The SMILES string of the molecule is CCCCSc1nnc2n(-c3ccccc3C)c(=O)c3c4c(sc3n12)CCCC4. The Balaban J connectivity index is 1.87. The molecule has 0 fully saturated rings. The number of hydrogen-bond acceptors (Lipinski definition) is 5. The van der Waals surface area contributed by atoms with Crippen LogP contribution in [0, 0.1) is 6.92 Å². The third-order valence-electron chi connectivity index (χ3n) is 5.67. The summed E-state index contributed by atoms with van der Waals surface area (Å²) >= 11 is 3.50. The molecule has 3 aromatic heterocycles. The molecule has 1 aromatic carbocycles. The Morgan fingerprint density at radius 2 is 2.00 bits per heavy atom. The summed E-state index contributed by atoms with van der Waals surface area (Å²) in [5, 5.41) is 10.8. The molecule has 0 spiro atoms. The lowest BCUT2D eigenvalue weighted by Crippen LogP contribution is -2.23. The molecule has 0 saturated heterocycles. The van der Waals surface area contributed by atoms with E-state index in [1.807, 2.05) is 31.2 Å². The van der Waals surface area contributed by atoms with E-state index >= 15 is 0 Å². The van der Waals surface area contributed by atoms with Gasteiger partial charge in [0, 0.05) is 10.6 Å². The van der Waals surface area contributed by atoms with Crippen LogP contribution >= 0.6 is 23.1 Å². The largest absolute Gasteiger partial charge is 0.268 e. The van der Waals surface area contributed by atoms with Crippen molar-refractivity contribution in [3.63, 3.8) is 0 Å². The van der Waals surface area contributed by atoms with Crippen molar-refractivity contribution in [2.75, 3.05) is 5.75 Å². The monoisotopic (exact) mass is 424 g/mol. The molecule has 0 amide bonds. The van der Waals surface area contributed by atoms with Crippen molar-refractivity contribution in [2.45, 2.75) is 57.5 Å². The van der Waals surface area contributed by atoms with Crippen molar-refractivity contribution in [2.24, 2.45) is 0 Å². The average molecular weight is 425 g/mol. The number of hydrogen-bond donors (Lipinski definition) is 0. The van der Waals surface area contributed by atoms with Gasteiger partial charge < -0.3 is 0 Å². The summed E-state index contributed by atoms with van der Waals surface area (Å²) in [4.78, 5) is 16.2. The second-order valence-electron chi connectivity index (χ2n) is 7.64. The van der Waals surface area contributed by atoms with Crippen LogP contribution in [0.5, 0.6) is 0 Å². The minimum atomic E-state index is 0.0405. The summed E-state index contributed by atoms with van der Waals surface area (Å²) in [6.45, 7) is 4.24. The quantitative estimate of drug-likeness (QED) is 0.327. The number of thioether (sulfide) groups is 1. The standard InChI is InChI=1S/C22H24N4OS2/c1-3-4-13-28-22-24-23-21-25(16-11-7-5-9-14(16)2)19(27)18-15-10-6-8-12-17(15)29-20(18)26(21)22/h5,7,9,11H,3-4,6,8,10,12-13H2,1-2H3. The predicted octanol–water partition coefficient (Wildman–Crippen LogP) is 5.17. The molecule has 7 heteroatoms. The number of aryl methyl sites for hydroxylation is 3. The van der Waals surface area contributed by atoms with E-state index in [9.17, 15) is 4.79 Å². The van der Waals surface area contributed by atoms with E-state index < -0.39 is 0 Å². The molecule has 0 aliphatic heterocycles. The first-order valence-electron chi connectivity index (χ1n) is 10.3. The smallest absolute Gasteiger partial charge is 0.268 e. The zero-order valence-electron chi connectivity index (χ0n) is 16.8. The van der Waals surface area contributed by atoms with Gasteiger partial charge in [0.25, 0.3) is 5.56 Å². The number of rotatable bonds is 5. The average Bonchev–Trinajstić information content (AvgIpc) is 3.31. The van der Waals surface area contributed by atoms with E-state index in [4.69, 9.17) is 0 Å². The third-order valence-corrected chi connectivity index (χ3v) is 7.97. The minimum Gasteiger partial charge on any atom is -0.268 e. The Kier molecular flexibility index (Phi) is 4.95. The van der Waals surface area contributed by atoms with E-state index in [1.54, 1.807) is 27.7 Å². The zero-order valence-corrected chi connectivity index (χ0v) is 18.4. The number of thiophene rings is 1. The molecule has 4 aromatic rings. The number of benzene rings is 1. The molecule has 0 bridgehead atoms. The van der Waals surface area contributed by atoms with E-state index in [-0.39, 0.29) is 5.56 Å². The van der Waals surface area contributed by atoms with Crippen LogP contribution in [0.4, 0.5) is 0 Å². The second-order valence-corrected chi connectivity index (χ2v) is 9.78. The fourth-order valence-electron chi connectivity index (χ4n) is 4.15. The second kappa shape index (κ2) is 7.61. The Hall–Kier alpha value is -2.12. The molecular weight excluding hydrogens is 400 g/mol. The maximum Gasteiger partial charge on any atom is 0.268 e. The Morgan fingerprint density at radius 3 is 2.83 bits per heavy atom. The molecule has 0 atom stereocenters. The van der Waals surface area contributed by atoms with Crippen LogP contribution in [0.1, 0.15) is 48.6 Å². The van der Waals surface area contributed by atoms with Gasteiger partial charge >= 0.3 is 0 Å². The fourth-order valence-corrected chi connectivity index (χ4v) is 6.60. The highest BCUT2D eigenvalue weighted by Gasteiger charge is 2.25. The molecule has 1 aliphatic carbocycles. The summed E-state index contributed by atoms with van der Waals surface area (Å²) in [6.07, 6.45) is 6.71. The minimum absolute atomic E-state index is 0.0405. The summed E-state index contributed by atoms with van der Waals surface area (Å²) in [7, 11) is 0. The van der Waals surface area contributed by atoms with Crippen molar-refractivity contribution in [3.8, 4) is 5.69 Å². The maximum absolute atomic E-state index is 13.8. The highest BCUT2D eigenvalue weighted by molar-refractivity contribution is 7.99. The van der Waals surface area contributed by atoms with Crippen molar-refractivity contribution in [1.29, 1.82) is 0 Å². The first-order chi connectivity index (χ1) is 14.2. The molecule has 3 heterocycles. The van der Waals surface area contributed by atoms with Crippen LogP contribution in [0.15, 0.2) is 34.2 Å². The lowest BCUT2D eigenvalue weighted by Gasteiger charge is -2.13. The van der Waals surface area contributed by atoms with Gasteiger partial charge in [-0.15, -0.1) is 21.5 Å². The van der Waals surface area contributed by atoms with Crippen LogP contribution < -0.4 is 5.56 Å². The molecule has 0 saturated carbocycles. The Bertz CT molecular complexity index is 1270. The molecular formula is C22H24N4OS2. The lowest BCUT2D eigenvalue weighted by molar-refractivity contribution is 0.699. The van der Waals surface area contributed by atoms with Gasteiger partial charge in [-0.1, -0.05) is 43.3 Å². The highest BCUT2D eigenvalue weighted by Crippen LogP contribution is 2.36. The maximum atomic E-state index is 13.8. The van der Waals surface area contributed by atoms with Gasteiger partial charge in [0.15, 0.2) is 5.16 Å². The normalized spacial score (nSPS) is 14.0. The first kappa shape index (κ1) is 18.9.